The Morgan fingerprint density at radius 3 is 2.57 bits per heavy atom. The second-order valence-corrected chi connectivity index (χ2v) is 6.93. The summed E-state index contributed by atoms with van der Waals surface area (Å²) in [6.07, 6.45) is 0.484. The van der Waals surface area contributed by atoms with E-state index in [1.165, 1.54) is 0 Å². The molecule has 0 aromatic carbocycles. The van der Waals surface area contributed by atoms with E-state index in [4.69, 9.17) is 0 Å². The van der Waals surface area contributed by atoms with Crippen LogP contribution in [-0.4, -0.2) is 40.4 Å². The van der Waals surface area contributed by atoms with Gasteiger partial charge in [-0.3, -0.25) is 0 Å². The fourth-order valence-electron chi connectivity index (χ4n) is 2.44. The minimum atomic E-state index is -0.949. The summed E-state index contributed by atoms with van der Waals surface area (Å²) in [5.74, 6) is -0.0353. The Kier molecular flexibility index (Phi) is 4.23. The first kappa shape index (κ1) is 15.8. The highest BCUT2D eigenvalue weighted by molar-refractivity contribution is 5.88. The number of aromatic nitrogens is 1. The molecule has 2 unspecified atom stereocenters. The third-order valence-corrected chi connectivity index (χ3v) is 4.07. The molecule has 0 aliphatic carbocycles. The van der Waals surface area contributed by atoms with Gasteiger partial charge in [-0.25, -0.2) is 9.78 Å². The highest BCUT2D eigenvalue weighted by Crippen LogP contribution is 2.27. The number of rotatable bonds is 2. The average molecular weight is 292 g/mol. The van der Waals surface area contributed by atoms with Crippen molar-refractivity contribution in [3.63, 3.8) is 0 Å². The summed E-state index contributed by atoms with van der Waals surface area (Å²) >= 11 is 0. The molecule has 1 aromatic rings. The Morgan fingerprint density at radius 1 is 1.38 bits per heavy atom. The van der Waals surface area contributed by atoms with Gasteiger partial charge in [0.05, 0.1) is 11.7 Å². The van der Waals surface area contributed by atoms with Crippen LogP contribution in [-0.2, 0) is 5.41 Å². The van der Waals surface area contributed by atoms with Gasteiger partial charge in [0.15, 0.2) is 0 Å². The summed E-state index contributed by atoms with van der Waals surface area (Å²) < 4.78 is 0. The summed E-state index contributed by atoms with van der Waals surface area (Å²) in [5, 5.41) is 19.3. The Bertz CT molecular complexity index is 537. The van der Waals surface area contributed by atoms with Gasteiger partial charge in [0.25, 0.3) is 0 Å². The van der Waals surface area contributed by atoms with Crippen LogP contribution in [0.2, 0.25) is 0 Å². The highest BCUT2D eigenvalue weighted by atomic mass is 16.4. The number of pyridine rings is 1. The van der Waals surface area contributed by atoms with E-state index in [2.05, 4.69) is 4.98 Å². The summed E-state index contributed by atoms with van der Waals surface area (Å²) in [6.45, 7) is 9.36. The van der Waals surface area contributed by atoms with E-state index >= 15 is 0 Å². The van der Waals surface area contributed by atoms with Crippen LogP contribution in [0.15, 0.2) is 12.1 Å². The molecule has 0 saturated carbocycles. The minimum absolute atomic E-state index is 0.220. The molecule has 0 amide bonds. The van der Waals surface area contributed by atoms with Crippen molar-refractivity contribution in [1.82, 2.24) is 4.98 Å². The lowest BCUT2D eigenvalue weighted by Crippen LogP contribution is -2.43. The maximum Gasteiger partial charge on any atom is 0.335 e. The van der Waals surface area contributed by atoms with Crippen LogP contribution in [0.5, 0.6) is 0 Å². The molecule has 1 aromatic heterocycles. The summed E-state index contributed by atoms with van der Waals surface area (Å²) in [6, 6.07) is 3.23. The van der Waals surface area contributed by atoms with E-state index in [0.717, 1.165) is 18.7 Å². The first-order valence-corrected chi connectivity index (χ1v) is 7.37. The van der Waals surface area contributed by atoms with Gasteiger partial charge < -0.3 is 15.1 Å². The second-order valence-electron chi connectivity index (χ2n) is 6.93. The number of aliphatic hydroxyl groups excluding tert-OH is 1. The predicted molar refractivity (Wildman–Crippen MR) is 81.9 cm³/mol. The van der Waals surface area contributed by atoms with Crippen molar-refractivity contribution in [1.29, 1.82) is 0 Å². The summed E-state index contributed by atoms with van der Waals surface area (Å²) in [7, 11) is 0. The average Bonchev–Trinajstić information content (AvgIpc) is 2.40. The number of hydrogen-bond donors (Lipinski definition) is 2. The molecular weight excluding hydrogens is 268 g/mol. The molecule has 21 heavy (non-hydrogen) atoms. The third kappa shape index (κ3) is 3.53. The molecule has 1 aliphatic heterocycles. The second kappa shape index (κ2) is 5.64. The van der Waals surface area contributed by atoms with Gasteiger partial charge in [0.2, 0.25) is 0 Å². The van der Waals surface area contributed by atoms with Crippen molar-refractivity contribution in [2.75, 3.05) is 18.0 Å². The van der Waals surface area contributed by atoms with Gasteiger partial charge in [-0.1, -0.05) is 27.7 Å². The Morgan fingerprint density at radius 2 is 2.05 bits per heavy atom. The van der Waals surface area contributed by atoms with Crippen LogP contribution in [0.25, 0.3) is 0 Å². The Balaban J connectivity index is 2.39. The van der Waals surface area contributed by atoms with E-state index in [-0.39, 0.29) is 16.9 Å². The lowest BCUT2D eigenvalue weighted by Gasteiger charge is -2.35. The van der Waals surface area contributed by atoms with Crippen molar-refractivity contribution in [3.8, 4) is 0 Å². The monoisotopic (exact) mass is 292 g/mol. The van der Waals surface area contributed by atoms with Gasteiger partial charge in [-0.05, 0) is 24.5 Å². The maximum atomic E-state index is 11.3. The van der Waals surface area contributed by atoms with Crippen LogP contribution in [0, 0.1) is 5.92 Å². The molecule has 2 rings (SSSR count). The molecule has 2 atom stereocenters. The Labute approximate surface area is 125 Å². The molecule has 2 N–H and O–H groups in total. The molecular formula is C16H24N2O3. The number of nitrogens with zero attached hydrogens (tertiary/aromatic N) is 2. The molecule has 1 fully saturated rings. The van der Waals surface area contributed by atoms with Crippen molar-refractivity contribution in [3.05, 3.63) is 23.4 Å². The fraction of sp³-hybridized carbons (Fsp3) is 0.625. The zero-order valence-electron chi connectivity index (χ0n) is 13.1. The molecule has 1 aliphatic rings. The first-order valence-electron chi connectivity index (χ1n) is 7.37. The number of anilines is 1. The molecule has 0 radical (unpaired) electrons. The quantitative estimate of drug-likeness (QED) is 0.875. The van der Waals surface area contributed by atoms with Gasteiger partial charge in [-0.2, -0.15) is 0 Å². The van der Waals surface area contributed by atoms with E-state index in [1.54, 1.807) is 12.1 Å². The normalized spacial score (nSPS) is 23.2. The van der Waals surface area contributed by atoms with Gasteiger partial charge in [0, 0.05) is 24.2 Å². The summed E-state index contributed by atoms with van der Waals surface area (Å²) in [4.78, 5) is 17.9. The van der Waals surface area contributed by atoms with Gasteiger partial charge in [0.1, 0.15) is 5.82 Å². The number of β-amino-alcohol motifs (C(OH)–C–C–N with tert-alkyl or cyclic N) is 1. The smallest absolute Gasteiger partial charge is 0.335 e. The lowest BCUT2D eigenvalue weighted by atomic mass is 9.90. The van der Waals surface area contributed by atoms with E-state index < -0.39 is 12.1 Å². The molecule has 0 spiro atoms. The van der Waals surface area contributed by atoms with Crippen LogP contribution in [0.4, 0.5) is 5.82 Å². The SMILES string of the molecule is CC1CCN(c2cc(C(=O)O)cc(C(C)(C)C)n2)CC1O. The number of aliphatic hydroxyl groups is 1. The fourth-order valence-corrected chi connectivity index (χ4v) is 2.44. The summed E-state index contributed by atoms with van der Waals surface area (Å²) in [5.41, 5.74) is 0.783. The van der Waals surface area contributed by atoms with E-state index in [1.807, 2.05) is 32.6 Å². The number of carboxylic acid groups (broad SMARTS) is 1. The largest absolute Gasteiger partial charge is 0.478 e. The van der Waals surface area contributed by atoms with Crippen molar-refractivity contribution >= 4 is 11.8 Å². The van der Waals surface area contributed by atoms with Crippen molar-refractivity contribution in [2.45, 2.75) is 45.6 Å². The van der Waals surface area contributed by atoms with E-state index in [9.17, 15) is 15.0 Å². The first-order chi connectivity index (χ1) is 9.68. The van der Waals surface area contributed by atoms with Crippen LogP contribution in [0.1, 0.15) is 50.2 Å². The number of hydrogen-bond acceptors (Lipinski definition) is 4. The van der Waals surface area contributed by atoms with Crippen molar-refractivity contribution in [2.24, 2.45) is 5.92 Å². The standard InChI is InChI=1S/C16H24N2O3/c1-10-5-6-18(9-12(10)19)14-8-11(15(20)21)7-13(17-14)16(2,3)4/h7-8,10,12,19H,5-6,9H2,1-4H3,(H,20,21). The molecule has 5 nitrogen and oxygen atoms in total. The zero-order valence-corrected chi connectivity index (χ0v) is 13.1. The molecule has 0 bridgehead atoms. The number of piperidine rings is 1. The lowest BCUT2D eigenvalue weighted by molar-refractivity contribution is 0.0696. The van der Waals surface area contributed by atoms with Crippen molar-refractivity contribution < 1.29 is 15.0 Å². The topological polar surface area (TPSA) is 73.7 Å². The number of carboxylic acids is 1. The number of aromatic carboxylic acids is 1. The highest BCUT2D eigenvalue weighted by Gasteiger charge is 2.27. The number of carbonyl (C=O) groups is 1. The molecule has 5 heteroatoms. The van der Waals surface area contributed by atoms with Crippen LogP contribution in [0.3, 0.4) is 0 Å². The third-order valence-electron chi connectivity index (χ3n) is 4.07. The molecule has 1 saturated heterocycles. The molecule has 116 valence electrons. The van der Waals surface area contributed by atoms with Gasteiger partial charge >= 0.3 is 5.97 Å². The maximum absolute atomic E-state index is 11.3. The van der Waals surface area contributed by atoms with Crippen LogP contribution >= 0.6 is 0 Å². The molecule has 2 heterocycles. The predicted octanol–water partition coefficient (Wildman–Crippen LogP) is 2.28. The zero-order chi connectivity index (χ0) is 15.8. The van der Waals surface area contributed by atoms with E-state index in [0.29, 0.717) is 12.4 Å². The Hall–Kier alpha value is -1.62. The van der Waals surface area contributed by atoms with Crippen LogP contribution < -0.4 is 4.90 Å². The minimum Gasteiger partial charge on any atom is -0.478 e. The van der Waals surface area contributed by atoms with Gasteiger partial charge in [-0.15, -0.1) is 0 Å².